The lowest BCUT2D eigenvalue weighted by Gasteiger charge is -2.35. The van der Waals surface area contributed by atoms with Crippen LogP contribution < -0.4 is 4.90 Å². The molecule has 1 amide bonds. The number of anilines is 1. The molecule has 5 rings (SSSR count). The molecule has 0 N–H and O–H groups in total. The first-order chi connectivity index (χ1) is 18.5. The van der Waals surface area contributed by atoms with Crippen LogP contribution >= 0.6 is 0 Å². The Hall–Kier alpha value is -3.85. The van der Waals surface area contributed by atoms with Gasteiger partial charge >= 0.3 is 0 Å². The molecular formula is C29H33FN6O2. The third-order valence-corrected chi connectivity index (χ3v) is 6.82. The SMILES string of the molecule is CCCCc1nc(N2CCN(C(=O)COCc3ccccc3)CC2)c2c(C)nn(-c3ccc(F)cc3)c2n1. The summed E-state index contributed by atoms with van der Waals surface area (Å²) in [6.45, 7) is 7.08. The van der Waals surface area contributed by atoms with Gasteiger partial charge in [-0.3, -0.25) is 4.79 Å². The fourth-order valence-corrected chi connectivity index (χ4v) is 4.73. The number of carbonyl (C=O) groups is 1. The number of benzene rings is 2. The predicted octanol–water partition coefficient (Wildman–Crippen LogP) is 4.47. The van der Waals surface area contributed by atoms with E-state index in [1.807, 2.05) is 42.2 Å². The molecule has 0 atom stereocenters. The summed E-state index contributed by atoms with van der Waals surface area (Å²) >= 11 is 0. The van der Waals surface area contributed by atoms with Crippen molar-refractivity contribution in [1.29, 1.82) is 0 Å². The number of aromatic nitrogens is 4. The van der Waals surface area contributed by atoms with E-state index in [0.717, 1.165) is 58.9 Å². The summed E-state index contributed by atoms with van der Waals surface area (Å²) in [6, 6.07) is 16.1. The molecule has 38 heavy (non-hydrogen) atoms. The summed E-state index contributed by atoms with van der Waals surface area (Å²) in [5, 5.41) is 5.64. The van der Waals surface area contributed by atoms with Crippen LogP contribution in [0.3, 0.4) is 0 Å². The van der Waals surface area contributed by atoms with Crippen molar-refractivity contribution >= 4 is 22.8 Å². The molecule has 1 saturated heterocycles. The molecule has 1 aliphatic rings. The van der Waals surface area contributed by atoms with Gasteiger partial charge in [0.2, 0.25) is 5.91 Å². The van der Waals surface area contributed by atoms with Crippen LogP contribution in [0, 0.1) is 12.7 Å². The van der Waals surface area contributed by atoms with Gasteiger partial charge in [-0.25, -0.2) is 19.0 Å². The topological polar surface area (TPSA) is 76.4 Å². The number of nitrogens with zero attached hydrogens (tertiary/aromatic N) is 6. The summed E-state index contributed by atoms with van der Waals surface area (Å²) in [6.07, 6.45) is 2.80. The first-order valence-electron chi connectivity index (χ1n) is 13.2. The largest absolute Gasteiger partial charge is 0.367 e. The number of hydrogen-bond donors (Lipinski definition) is 0. The Bertz CT molecular complexity index is 1380. The monoisotopic (exact) mass is 516 g/mol. The van der Waals surface area contributed by atoms with Crippen LogP contribution in [0.1, 0.15) is 36.8 Å². The average Bonchev–Trinajstić information content (AvgIpc) is 3.28. The molecule has 0 radical (unpaired) electrons. The van der Waals surface area contributed by atoms with Gasteiger partial charge in [-0.2, -0.15) is 5.10 Å². The first kappa shape index (κ1) is 25.8. The van der Waals surface area contributed by atoms with Crippen molar-refractivity contribution in [2.45, 2.75) is 39.7 Å². The van der Waals surface area contributed by atoms with Crippen molar-refractivity contribution in [2.24, 2.45) is 0 Å². The van der Waals surface area contributed by atoms with Gasteiger partial charge in [-0.05, 0) is 43.2 Å². The molecule has 8 nitrogen and oxygen atoms in total. The standard InChI is InChI=1S/C29H33FN6O2/c1-3-4-10-25-31-28(27-21(2)33-36(29(27)32-25)24-13-11-23(30)12-14-24)35-17-15-34(16-18-35)26(37)20-38-19-22-8-6-5-7-9-22/h5-9,11-14H,3-4,10,15-20H2,1-2H3. The maximum atomic E-state index is 13.6. The van der Waals surface area contributed by atoms with Gasteiger partial charge in [0, 0.05) is 32.6 Å². The number of halogens is 1. The normalized spacial score (nSPS) is 13.9. The Balaban J connectivity index is 1.34. The van der Waals surface area contributed by atoms with Gasteiger partial charge in [-0.1, -0.05) is 43.7 Å². The van der Waals surface area contributed by atoms with Crippen molar-refractivity contribution in [3.05, 3.63) is 77.5 Å². The third-order valence-electron chi connectivity index (χ3n) is 6.82. The second kappa shape index (κ2) is 11.7. The highest BCUT2D eigenvalue weighted by Crippen LogP contribution is 2.30. The summed E-state index contributed by atoms with van der Waals surface area (Å²) in [7, 11) is 0. The van der Waals surface area contributed by atoms with E-state index >= 15 is 0 Å². The summed E-state index contributed by atoms with van der Waals surface area (Å²) in [5.74, 6) is 1.32. The fourth-order valence-electron chi connectivity index (χ4n) is 4.73. The van der Waals surface area contributed by atoms with Crippen molar-refractivity contribution in [3.63, 3.8) is 0 Å². The Morgan fingerprint density at radius 2 is 1.74 bits per heavy atom. The van der Waals surface area contributed by atoms with E-state index in [2.05, 4.69) is 11.8 Å². The van der Waals surface area contributed by atoms with E-state index in [-0.39, 0.29) is 18.3 Å². The minimum absolute atomic E-state index is 0.00244. The number of aryl methyl sites for hydroxylation is 2. The minimum Gasteiger partial charge on any atom is -0.367 e. The number of hydrogen-bond acceptors (Lipinski definition) is 6. The van der Waals surface area contributed by atoms with Gasteiger partial charge in [0.25, 0.3) is 0 Å². The molecule has 0 bridgehead atoms. The zero-order valence-electron chi connectivity index (χ0n) is 21.9. The number of ether oxygens (including phenoxy) is 1. The van der Waals surface area contributed by atoms with Crippen molar-refractivity contribution < 1.29 is 13.9 Å². The van der Waals surface area contributed by atoms with Crippen molar-refractivity contribution in [2.75, 3.05) is 37.7 Å². The summed E-state index contributed by atoms with van der Waals surface area (Å²) in [5.41, 5.74) is 3.34. The summed E-state index contributed by atoms with van der Waals surface area (Å²) < 4.78 is 21.0. The first-order valence-corrected chi connectivity index (χ1v) is 13.2. The lowest BCUT2D eigenvalue weighted by molar-refractivity contribution is -0.136. The zero-order valence-corrected chi connectivity index (χ0v) is 21.9. The highest BCUT2D eigenvalue weighted by Gasteiger charge is 2.26. The highest BCUT2D eigenvalue weighted by atomic mass is 19.1. The van der Waals surface area contributed by atoms with E-state index in [1.54, 1.807) is 16.8 Å². The molecule has 0 spiro atoms. The summed E-state index contributed by atoms with van der Waals surface area (Å²) in [4.78, 5) is 26.7. The minimum atomic E-state index is -0.293. The predicted molar refractivity (Wildman–Crippen MR) is 145 cm³/mol. The van der Waals surface area contributed by atoms with Crippen LogP contribution in [0.4, 0.5) is 10.2 Å². The van der Waals surface area contributed by atoms with Gasteiger partial charge in [0.15, 0.2) is 5.65 Å². The van der Waals surface area contributed by atoms with Crippen molar-refractivity contribution in [3.8, 4) is 5.69 Å². The second-order valence-electron chi connectivity index (χ2n) is 9.59. The van der Waals surface area contributed by atoms with Crippen LogP contribution in [0.5, 0.6) is 0 Å². The molecule has 9 heteroatoms. The lowest BCUT2D eigenvalue weighted by Crippen LogP contribution is -2.50. The molecule has 2 aromatic heterocycles. The van der Waals surface area contributed by atoms with Crippen molar-refractivity contribution in [1.82, 2.24) is 24.6 Å². The Morgan fingerprint density at radius 3 is 2.45 bits per heavy atom. The number of fused-ring (bicyclic) bond motifs is 1. The van der Waals surface area contributed by atoms with Gasteiger partial charge in [-0.15, -0.1) is 0 Å². The Morgan fingerprint density at radius 1 is 1.00 bits per heavy atom. The molecule has 4 aromatic rings. The second-order valence-corrected chi connectivity index (χ2v) is 9.59. The van der Waals surface area contributed by atoms with E-state index in [9.17, 15) is 9.18 Å². The van der Waals surface area contributed by atoms with E-state index < -0.39 is 0 Å². The van der Waals surface area contributed by atoms with Crippen LogP contribution in [0.25, 0.3) is 16.7 Å². The molecule has 3 heterocycles. The molecule has 2 aromatic carbocycles. The van der Waals surface area contributed by atoms with Gasteiger partial charge in [0.1, 0.15) is 24.1 Å². The van der Waals surface area contributed by atoms with E-state index in [0.29, 0.717) is 32.8 Å². The smallest absolute Gasteiger partial charge is 0.248 e. The number of carbonyl (C=O) groups excluding carboxylic acids is 1. The maximum Gasteiger partial charge on any atom is 0.248 e. The maximum absolute atomic E-state index is 13.6. The highest BCUT2D eigenvalue weighted by molar-refractivity contribution is 5.91. The molecule has 198 valence electrons. The zero-order chi connectivity index (χ0) is 26.5. The Labute approximate surface area is 222 Å². The number of amides is 1. The van der Waals surface area contributed by atoms with Crippen LogP contribution in [-0.4, -0.2) is 63.3 Å². The lowest BCUT2D eigenvalue weighted by atomic mass is 10.2. The third kappa shape index (κ3) is 5.67. The van der Waals surface area contributed by atoms with Crippen LogP contribution in [0.2, 0.25) is 0 Å². The fraction of sp³-hybridized carbons (Fsp3) is 0.379. The number of piperazine rings is 1. The molecular weight excluding hydrogens is 483 g/mol. The molecule has 1 fully saturated rings. The Kier molecular flexibility index (Phi) is 7.93. The van der Waals surface area contributed by atoms with E-state index in [1.165, 1.54) is 12.1 Å². The van der Waals surface area contributed by atoms with E-state index in [4.69, 9.17) is 19.8 Å². The van der Waals surface area contributed by atoms with Crippen LogP contribution in [-0.2, 0) is 22.6 Å². The number of rotatable bonds is 9. The average molecular weight is 517 g/mol. The quantitative estimate of drug-likeness (QED) is 0.327. The number of unbranched alkanes of at least 4 members (excludes halogenated alkanes) is 1. The molecule has 0 unspecified atom stereocenters. The van der Waals surface area contributed by atoms with Gasteiger partial charge in [0.05, 0.1) is 23.4 Å². The molecule has 0 saturated carbocycles. The van der Waals surface area contributed by atoms with Gasteiger partial charge < -0.3 is 14.5 Å². The van der Waals surface area contributed by atoms with Crippen LogP contribution in [0.15, 0.2) is 54.6 Å². The molecule has 0 aliphatic carbocycles. The molecule has 1 aliphatic heterocycles.